The largest absolute Gasteiger partial charge is 0.461 e. The van der Waals surface area contributed by atoms with Crippen LogP contribution in [0.5, 0.6) is 0 Å². The first-order chi connectivity index (χ1) is 25.4. The number of likely N-dealkylation sites (N-methyl/N-ethyl adjacent to an activating group) is 1. The fraction of sp³-hybridized carbons (Fsp3) is 0.714. The summed E-state index contributed by atoms with van der Waals surface area (Å²) in [6.45, 7) is 2.41. The Kier molecular flexibility index (Phi) is 8.53. The number of aliphatic hydroxyl groups is 2. The third-order valence-corrected chi connectivity index (χ3v) is 16.3. The molecule has 4 aliphatic heterocycles. The molecule has 1 aromatic rings. The fourth-order valence-electron chi connectivity index (χ4n) is 13.5. The minimum atomic E-state index is -0.895. The van der Waals surface area contributed by atoms with E-state index in [1.165, 1.54) is 6.29 Å². The normalized spacial score (nSPS) is 46.8. The Morgan fingerprint density at radius 1 is 0.962 bits per heavy atom. The van der Waals surface area contributed by atoms with Crippen LogP contribution in [0.3, 0.4) is 0 Å². The molecule has 3 saturated heterocycles. The van der Waals surface area contributed by atoms with Crippen LogP contribution in [0, 0.1) is 34.5 Å². The Morgan fingerprint density at radius 3 is 2.40 bits per heavy atom. The number of cyclic esters (lactones) is 1. The summed E-state index contributed by atoms with van der Waals surface area (Å²) in [5, 5.41) is 22.5. The molecule has 7 fully saturated rings. The van der Waals surface area contributed by atoms with Crippen LogP contribution >= 0.6 is 0 Å². The monoisotopic (exact) mass is 732 g/mol. The van der Waals surface area contributed by atoms with Crippen LogP contribution in [0.2, 0.25) is 0 Å². The van der Waals surface area contributed by atoms with Gasteiger partial charge in [-0.1, -0.05) is 37.3 Å². The number of fused-ring (bicyclic) bond motifs is 10. The predicted molar refractivity (Wildman–Crippen MR) is 189 cm³/mol. The summed E-state index contributed by atoms with van der Waals surface area (Å²) in [4.78, 5) is 52.0. The Hall–Kier alpha value is -3.12. The van der Waals surface area contributed by atoms with Crippen molar-refractivity contribution in [1.29, 1.82) is 0 Å². The van der Waals surface area contributed by atoms with Gasteiger partial charge in [0.25, 0.3) is 0 Å². The number of benzene rings is 1. The van der Waals surface area contributed by atoms with E-state index in [2.05, 4.69) is 14.0 Å². The molecule has 2 N–H and O–H groups in total. The summed E-state index contributed by atoms with van der Waals surface area (Å²) in [5.74, 6) is -1.36. The fourth-order valence-corrected chi connectivity index (χ4v) is 13.5. The Labute approximate surface area is 310 Å². The van der Waals surface area contributed by atoms with Crippen LogP contribution in [0.25, 0.3) is 0 Å². The lowest BCUT2D eigenvalue weighted by atomic mass is 9.43. The number of quaternary nitrogens is 1. The number of morpholine rings is 1. The van der Waals surface area contributed by atoms with Crippen molar-refractivity contribution in [2.75, 3.05) is 26.8 Å². The minimum Gasteiger partial charge on any atom is -0.461 e. The van der Waals surface area contributed by atoms with E-state index in [-0.39, 0.29) is 90.7 Å². The number of hydrogen-bond acceptors (Lipinski definition) is 10. The van der Waals surface area contributed by atoms with Crippen molar-refractivity contribution < 1.29 is 52.8 Å². The number of rotatable bonds is 9. The molecular formula is C42H54NO10+. The summed E-state index contributed by atoms with van der Waals surface area (Å²) >= 11 is 0. The first-order valence-corrected chi connectivity index (χ1v) is 20.1. The molecule has 1 aromatic carbocycles. The van der Waals surface area contributed by atoms with Gasteiger partial charge in [0.2, 0.25) is 0 Å². The number of aliphatic hydroxyl groups excluding tert-OH is 1. The molecule has 53 heavy (non-hydrogen) atoms. The predicted octanol–water partition coefficient (Wildman–Crippen LogP) is 3.78. The van der Waals surface area contributed by atoms with E-state index in [9.17, 15) is 29.4 Å². The highest BCUT2D eigenvalue weighted by Crippen LogP contribution is 2.69. The van der Waals surface area contributed by atoms with Crippen LogP contribution in [-0.4, -0.2) is 108 Å². The standard InChI is InChI=1S/C42H54NO10/c1-40-13-11-31-32(42(40,49)15-12-30(40)25-16-35(46)50-22-25)9-8-26-17-27(10-14-41(26,31)23-45)51-36(47)20-43(2)33-18-28(19-34(43)38-37(33)53-38)52-39(48)29(21-44)24-6-4-3-5-7-24/h3-7,16,23,26-34,37-38,44,49H,8-15,17-22H2,1-2H3/q+1/t26-,27+,28?,29?,30-,31+,32-,33?,34?,37?,38?,40-,41-,42+,43?/m1/s1. The van der Waals surface area contributed by atoms with E-state index >= 15 is 0 Å². The Bertz CT molecular complexity index is 1680. The molecule has 9 rings (SSSR count). The summed E-state index contributed by atoms with van der Waals surface area (Å²) < 4.78 is 24.1. The van der Waals surface area contributed by atoms with Gasteiger partial charge >= 0.3 is 17.9 Å². The summed E-state index contributed by atoms with van der Waals surface area (Å²) in [6.07, 6.45) is 10.3. The second-order valence-corrected chi connectivity index (χ2v) is 18.3. The Balaban J connectivity index is 0.830. The average Bonchev–Trinajstić information content (AvgIpc) is 3.69. The summed E-state index contributed by atoms with van der Waals surface area (Å²) in [7, 11) is 2.10. The van der Waals surface area contributed by atoms with Gasteiger partial charge in [0.05, 0.1) is 19.3 Å². The molecule has 5 unspecified atom stereocenters. The highest BCUT2D eigenvalue weighted by Gasteiger charge is 2.73. The maximum Gasteiger partial charge on any atom is 0.362 e. The second-order valence-electron chi connectivity index (χ2n) is 18.3. The zero-order chi connectivity index (χ0) is 36.9. The van der Waals surface area contributed by atoms with Crippen LogP contribution in [-0.2, 0) is 38.1 Å². The number of esters is 3. The average molecular weight is 733 g/mol. The van der Waals surface area contributed by atoms with Crippen molar-refractivity contribution in [1.82, 2.24) is 0 Å². The maximum atomic E-state index is 13.7. The number of hydrogen-bond donors (Lipinski definition) is 2. The molecule has 4 aliphatic carbocycles. The minimum absolute atomic E-state index is 0.00805. The van der Waals surface area contributed by atoms with Gasteiger partial charge in [-0.05, 0) is 92.6 Å². The zero-order valence-corrected chi connectivity index (χ0v) is 30.9. The first kappa shape index (κ1) is 35.6. The Morgan fingerprint density at radius 2 is 1.72 bits per heavy atom. The molecule has 2 bridgehead atoms. The van der Waals surface area contributed by atoms with Gasteiger partial charge in [0, 0.05) is 29.7 Å². The highest BCUT2D eigenvalue weighted by molar-refractivity contribution is 5.85. The van der Waals surface area contributed by atoms with E-state index < -0.39 is 22.9 Å². The van der Waals surface area contributed by atoms with Crippen LogP contribution in [0.15, 0.2) is 42.0 Å². The quantitative estimate of drug-likeness (QED) is 0.126. The van der Waals surface area contributed by atoms with Crippen molar-refractivity contribution in [3.05, 3.63) is 47.5 Å². The summed E-state index contributed by atoms with van der Waals surface area (Å²) in [5.41, 5.74) is -0.0540. The first-order valence-electron chi connectivity index (χ1n) is 20.1. The number of ether oxygens (including phenoxy) is 4. The number of epoxide rings is 1. The topological polar surface area (TPSA) is 149 Å². The number of carbonyl (C=O) groups is 4. The molecule has 8 aliphatic rings. The van der Waals surface area contributed by atoms with Crippen molar-refractivity contribution in [2.24, 2.45) is 34.5 Å². The van der Waals surface area contributed by atoms with Gasteiger partial charge < -0.3 is 38.4 Å². The number of aldehydes is 1. The smallest absolute Gasteiger partial charge is 0.362 e. The molecule has 4 saturated carbocycles. The maximum absolute atomic E-state index is 13.7. The van der Waals surface area contributed by atoms with E-state index in [1.807, 2.05) is 30.3 Å². The molecule has 286 valence electrons. The van der Waals surface area contributed by atoms with Gasteiger partial charge in [-0.2, -0.15) is 0 Å². The lowest BCUT2D eigenvalue weighted by Gasteiger charge is -2.63. The van der Waals surface area contributed by atoms with Gasteiger partial charge in [0.1, 0.15) is 55.3 Å². The third kappa shape index (κ3) is 5.34. The van der Waals surface area contributed by atoms with Crippen LogP contribution < -0.4 is 0 Å². The van der Waals surface area contributed by atoms with Crippen LogP contribution in [0.1, 0.15) is 89.0 Å². The van der Waals surface area contributed by atoms with Crippen LogP contribution in [0.4, 0.5) is 0 Å². The molecule has 0 amide bonds. The molecule has 11 nitrogen and oxygen atoms in total. The van der Waals surface area contributed by atoms with Crippen molar-refractivity contribution in [2.45, 2.75) is 126 Å². The lowest BCUT2D eigenvalue weighted by molar-refractivity contribution is -0.949. The SMILES string of the molecule is C[C@]12CC[C@H]3[C@@H](CC[C@@H]4C[C@@H](OC(=O)C[N+]5(C)C6CC(OC(=O)C(CO)c7ccccc7)CC5C5OC56)CC[C@@]43C=O)[C@@]1(O)CC[C@@H]2C1=CC(=O)OC1. The number of nitrogens with zero attached hydrogens (tertiary/aromatic N) is 1. The zero-order valence-electron chi connectivity index (χ0n) is 30.9. The van der Waals surface area contributed by atoms with Crippen molar-refractivity contribution >= 4 is 24.2 Å². The summed E-state index contributed by atoms with van der Waals surface area (Å²) in [6, 6.07) is 9.21. The third-order valence-electron chi connectivity index (χ3n) is 16.3. The highest BCUT2D eigenvalue weighted by atomic mass is 16.6. The van der Waals surface area contributed by atoms with Gasteiger partial charge in [-0.25, -0.2) is 9.59 Å². The van der Waals surface area contributed by atoms with E-state index in [4.69, 9.17) is 18.9 Å². The second kappa shape index (κ2) is 12.7. The van der Waals surface area contributed by atoms with E-state index in [1.54, 1.807) is 6.08 Å². The van der Waals surface area contributed by atoms with Gasteiger partial charge in [-0.3, -0.25) is 4.79 Å². The van der Waals surface area contributed by atoms with Gasteiger partial charge in [-0.15, -0.1) is 0 Å². The van der Waals surface area contributed by atoms with Crippen molar-refractivity contribution in [3.63, 3.8) is 0 Å². The van der Waals surface area contributed by atoms with Gasteiger partial charge in [0.15, 0.2) is 6.54 Å². The molecular weight excluding hydrogens is 678 g/mol. The van der Waals surface area contributed by atoms with E-state index in [0.717, 1.165) is 43.2 Å². The van der Waals surface area contributed by atoms with Crippen molar-refractivity contribution in [3.8, 4) is 0 Å². The van der Waals surface area contributed by atoms with E-state index in [0.29, 0.717) is 49.6 Å². The lowest BCUT2D eigenvalue weighted by Crippen LogP contribution is -2.64. The molecule has 0 spiro atoms. The number of carbonyl (C=O) groups excluding carboxylic acids is 4. The molecule has 11 heteroatoms. The molecule has 0 aromatic heterocycles. The molecule has 4 heterocycles. The molecule has 0 radical (unpaired) electrons. The molecule has 13 atom stereocenters. The number of piperidine rings is 1.